The monoisotopic (exact) mass is 214 g/mol. The Hall–Kier alpha value is -0.0800. The second-order valence-corrected chi connectivity index (χ2v) is 5.81. The van der Waals surface area contributed by atoms with E-state index in [1.807, 2.05) is 0 Å². The van der Waals surface area contributed by atoms with Gasteiger partial charge in [0.15, 0.2) is 0 Å². The first-order chi connectivity index (χ1) is 6.75. The zero-order chi connectivity index (χ0) is 12.2. The molecule has 2 unspecified atom stereocenters. The van der Waals surface area contributed by atoms with Crippen LogP contribution in [0.1, 0.15) is 54.9 Å². The highest BCUT2D eigenvalue weighted by Crippen LogP contribution is 2.28. The van der Waals surface area contributed by atoms with Crippen molar-refractivity contribution in [3.05, 3.63) is 0 Å². The molecule has 0 aliphatic rings. The molecule has 0 spiro atoms. The van der Waals surface area contributed by atoms with Gasteiger partial charge in [-0.05, 0) is 32.2 Å². The van der Waals surface area contributed by atoms with Crippen LogP contribution in [0.15, 0.2) is 0 Å². The van der Waals surface area contributed by atoms with E-state index in [-0.39, 0.29) is 11.5 Å². The minimum atomic E-state index is 0.246. The molecule has 0 bridgehead atoms. The van der Waals surface area contributed by atoms with Crippen molar-refractivity contribution in [1.82, 2.24) is 4.90 Å². The van der Waals surface area contributed by atoms with Crippen molar-refractivity contribution >= 4 is 0 Å². The molecule has 0 fully saturated rings. The topological polar surface area (TPSA) is 29.3 Å². The summed E-state index contributed by atoms with van der Waals surface area (Å²) in [7, 11) is 0. The van der Waals surface area contributed by atoms with E-state index in [0.29, 0.717) is 12.1 Å². The van der Waals surface area contributed by atoms with Crippen molar-refractivity contribution in [2.24, 2.45) is 11.1 Å². The van der Waals surface area contributed by atoms with Gasteiger partial charge in [-0.25, -0.2) is 0 Å². The summed E-state index contributed by atoms with van der Waals surface area (Å²) in [6, 6.07) is 1.30. The fourth-order valence-electron chi connectivity index (χ4n) is 2.49. The molecule has 92 valence electrons. The molecular weight excluding hydrogens is 184 g/mol. The molecule has 2 heteroatoms. The summed E-state index contributed by atoms with van der Waals surface area (Å²) in [6.45, 7) is 16.9. The van der Waals surface area contributed by atoms with Crippen molar-refractivity contribution in [2.75, 3.05) is 6.54 Å². The van der Waals surface area contributed by atoms with Gasteiger partial charge in [-0.2, -0.15) is 0 Å². The van der Waals surface area contributed by atoms with Crippen molar-refractivity contribution < 1.29 is 0 Å². The molecule has 0 aromatic heterocycles. The van der Waals surface area contributed by atoms with E-state index in [1.165, 1.54) is 0 Å². The summed E-state index contributed by atoms with van der Waals surface area (Å²) in [5.74, 6) is 0. The third-order valence-corrected chi connectivity index (χ3v) is 3.15. The zero-order valence-corrected chi connectivity index (χ0v) is 11.7. The fourth-order valence-corrected chi connectivity index (χ4v) is 2.49. The maximum atomic E-state index is 6.28. The Labute approximate surface area is 96.2 Å². The third kappa shape index (κ3) is 4.12. The van der Waals surface area contributed by atoms with Crippen LogP contribution in [0.5, 0.6) is 0 Å². The SMILES string of the molecule is CCC(N)C(N(CC)C(C)C)C(C)(C)C. The molecule has 0 saturated carbocycles. The van der Waals surface area contributed by atoms with Crippen LogP contribution in [0.4, 0.5) is 0 Å². The van der Waals surface area contributed by atoms with Crippen LogP contribution >= 0.6 is 0 Å². The lowest BCUT2D eigenvalue weighted by molar-refractivity contribution is 0.0555. The molecule has 0 aliphatic carbocycles. The van der Waals surface area contributed by atoms with Gasteiger partial charge in [0, 0.05) is 18.1 Å². The molecule has 0 saturated heterocycles. The normalized spacial score (nSPS) is 17.2. The second kappa shape index (κ2) is 5.86. The van der Waals surface area contributed by atoms with Crippen LogP contribution in [0.2, 0.25) is 0 Å². The lowest BCUT2D eigenvalue weighted by atomic mass is 9.80. The molecule has 0 rings (SSSR count). The Morgan fingerprint density at radius 3 is 1.80 bits per heavy atom. The average Bonchev–Trinajstić information content (AvgIpc) is 2.10. The molecular formula is C13H30N2. The number of nitrogens with zero attached hydrogens (tertiary/aromatic N) is 1. The molecule has 2 N–H and O–H groups in total. The molecule has 0 aromatic rings. The van der Waals surface area contributed by atoms with E-state index in [1.54, 1.807) is 0 Å². The van der Waals surface area contributed by atoms with Crippen LogP contribution in [-0.2, 0) is 0 Å². The average molecular weight is 214 g/mol. The lowest BCUT2D eigenvalue weighted by Crippen LogP contribution is -2.56. The number of rotatable bonds is 5. The Morgan fingerprint density at radius 2 is 1.60 bits per heavy atom. The van der Waals surface area contributed by atoms with Crippen LogP contribution in [0.25, 0.3) is 0 Å². The minimum absolute atomic E-state index is 0.246. The molecule has 15 heavy (non-hydrogen) atoms. The van der Waals surface area contributed by atoms with Gasteiger partial charge < -0.3 is 5.73 Å². The summed E-state index contributed by atoms with van der Waals surface area (Å²) in [5, 5.41) is 0. The van der Waals surface area contributed by atoms with Crippen molar-refractivity contribution in [2.45, 2.75) is 73.0 Å². The largest absolute Gasteiger partial charge is 0.326 e. The summed E-state index contributed by atoms with van der Waals surface area (Å²) in [5.41, 5.74) is 6.52. The van der Waals surface area contributed by atoms with E-state index < -0.39 is 0 Å². The summed E-state index contributed by atoms with van der Waals surface area (Å²) in [6.07, 6.45) is 1.05. The maximum Gasteiger partial charge on any atom is 0.0298 e. The van der Waals surface area contributed by atoms with Gasteiger partial charge in [0.2, 0.25) is 0 Å². The number of hydrogen-bond acceptors (Lipinski definition) is 2. The van der Waals surface area contributed by atoms with Gasteiger partial charge in [-0.3, -0.25) is 4.90 Å². The van der Waals surface area contributed by atoms with Crippen LogP contribution < -0.4 is 5.73 Å². The van der Waals surface area contributed by atoms with Crippen molar-refractivity contribution in [1.29, 1.82) is 0 Å². The summed E-state index contributed by atoms with van der Waals surface area (Å²) in [4.78, 5) is 2.52. The maximum absolute atomic E-state index is 6.28. The Bertz CT molecular complexity index is 170. The Morgan fingerprint density at radius 1 is 1.13 bits per heavy atom. The predicted molar refractivity (Wildman–Crippen MR) is 69.0 cm³/mol. The van der Waals surface area contributed by atoms with E-state index in [9.17, 15) is 0 Å². The smallest absolute Gasteiger partial charge is 0.0298 e. The van der Waals surface area contributed by atoms with Gasteiger partial charge >= 0.3 is 0 Å². The van der Waals surface area contributed by atoms with E-state index in [4.69, 9.17) is 5.73 Å². The number of hydrogen-bond donors (Lipinski definition) is 1. The Kier molecular flexibility index (Phi) is 5.82. The van der Waals surface area contributed by atoms with Crippen LogP contribution in [0.3, 0.4) is 0 Å². The summed E-state index contributed by atoms with van der Waals surface area (Å²) >= 11 is 0. The highest BCUT2D eigenvalue weighted by Gasteiger charge is 2.34. The first kappa shape index (κ1) is 14.9. The fraction of sp³-hybridized carbons (Fsp3) is 1.00. The highest BCUT2D eigenvalue weighted by molar-refractivity contribution is 4.91. The van der Waals surface area contributed by atoms with Gasteiger partial charge in [0.05, 0.1) is 0 Å². The predicted octanol–water partition coefficient (Wildman–Crippen LogP) is 2.87. The highest BCUT2D eigenvalue weighted by atomic mass is 15.2. The molecule has 0 aliphatic heterocycles. The molecule has 2 atom stereocenters. The van der Waals surface area contributed by atoms with Crippen molar-refractivity contribution in [3.63, 3.8) is 0 Å². The number of likely N-dealkylation sites (N-methyl/N-ethyl adjacent to an activating group) is 1. The third-order valence-electron chi connectivity index (χ3n) is 3.15. The zero-order valence-electron chi connectivity index (χ0n) is 11.7. The molecule has 2 nitrogen and oxygen atoms in total. The molecule has 0 amide bonds. The molecule has 0 radical (unpaired) electrons. The van der Waals surface area contributed by atoms with Gasteiger partial charge in [0.25, 0.3) is 0 Å². The van der Waals surface area contributed by atoms with Crippen LogP contribution in [-0.4, -0.2) is 29.6 Å². The standard InChI is InChI=1S/C13H30N2/c1-8-11(14)12(13(5,6)7)15(9-2)10(3)4/h10-12H,8-9,14H2,1-7H3. The lowest BCUT2D eigenvalue weighted by Gasteiger charge is -2.45. The van der Waals surface area contributed by atoms with Gasteiger partial charge in [-0.15, -0.1) is 0 Å². The second-order valence-electron chi connectivity index (χ2n) is 5.81. The van der Waals surface area contributed by atoms with Gasteiger partial charge in [0.1, 0.15) is 0 Å². The quantitative estimate of drug-likeness (QED) is 0.762. The van der Waals surface area contributed by atoms with Gasteiger partial charge in [-0.1, -0.05) is 34.6 Å². The molecule has 0 aromatic carbocycles. The first-order valence-electron chi connectivity index (χ1n) is 6.27. The van der Waals surface area contributed by atoms with E-state index >= 15 is 0 Å². The van der Waals surface area contributed by atoms with Crippen molar-refractivity contribution in [3.8, 4) is 0 Å². The van der Waals surface area contributed by atoms with E-state index in [0.717, 1.165) is 13.0 Å². The summed E-state index contributed by atoms with van der Waals surface area (Å²) < 4.78 is 0. The first-order valence-corrected chi connectivity index (χ1v) is 6.27. The minimum Gasteiger partial charge on any atom is -0.326 e. The Balaban J connectivity index is 4.91. The van der Waals surface area contributed by atoms with E-state index in [2.05, 4.69) is 53.4 Å². The number of nitrogens with two attached hydrogens (primary N) is 1. The molecule has 0 heterocycles. The van der Waals surface area contributed by atoms with Crippen LogP contribution in [0, 0.1) is 5.41 Å².